The fourth-order valence-electron chi connectivity index (χ4n) is 1.74. The standard InChI is InChI=1S/C14H11NO5/c1-9-2-3-10(14(16)17)8-12(9)13-5-4-11(20-13)6-7-15(18)19/h2-8H,1H3,(H,16,17)/p-1/b7-6+. The molecule has 0 atom stereocenters. The van der Waals surface area contributed by atoms with E-state index in [4.69, 9.17) is 4.42 Å². The lowest BCUT2D eigenvalue weighted by Crippen LogP contribution is -2.22. The topological polar surface area (TPSA) is 96.4 Å². The summed E-state index contributed by atoms with van der Waals surface area (Å²) < 4.78 is 5.43. The molecule has 0 aliphatic heterocycles. The normalized spacial score (nSPS) is 10.8. The molecule has 0 N–H and O–H groups in total. The van der Waals surface area contributed by atoms with Crippen LogP contribution in [0.1, 0.15) is 21.7 Å². The van der Waals surface area contributed by atoms with E-state index in [2.05, 4.69) is 0 Å². The number of furan rings is 1. The summed E-state index contributed by atoms with van der Waals surface area (Å²) in [5.41, 5.74) is 1.48. The number of carbonyl (C=O) groups excluding carboxylic acids is 1. The molecule has 1 aromatic heterocycles. The minimum Gasteiger partial charge on any atom is -0.545 e. The van der Waals surface area contributed by atoms with E-state index in [1.807, 2.05) is 6.92 Å². The molecule has 0 aliphatic rings. The Kier molecular flexibility index (Phi) is 3.65. The Morgan fingerprint density at radius 1 is 1.30 bits per heavy atom. The van der Waals surface area contributed by atoms with Crippen LogP contribution in [-0.4, -0.2) is 10.9 Å². The van der Waals surface area contributed by atoms with E-state index in [9.17, 15) is 20.0 Å². The number of nitrogens with zero attached hydrogens (tertiary/aromatic N) is 1. The van der Waals surface area contributed by atoms with Crippen molar-refractivity contribution in [2.45, 2.75) is 6.92 Å². The number of hydrogen-bond donors (Lipinski definition) is 0. The van der Waals surface area contributed by atoms with E-state index in [-0.39, 0.29) is 5.56 Å². The summed E-state index contributed by atoms with van der Waals surface area (Å²) in [5.74, 6) is -0.519. The van der Waals surface area contributed by atoms with Crippen LogP contribution < -0.4 is 5.11 Å². The molecule has 0 saturated carbocycles. The number of hydrogen-bond acceptors (Lipinski definition) is 5. The number of rotatable bonds is 4. The molecule has 2 rings (SSSR count). The summed E-state index contributed by atoms with van der Waals surface area (Å²) in [6.45, 7) is 1.81. The zero-order valence-corrected chi connectivity index (χ0v) is 10.5. The third-order valence-corrected chi connectivity index (χ3v) is 2.73. The fourth-order valence-corrected chi connectivity index (χ4v) is 1.74. The number of aryl methyl sites for hydroxylation is 1. The highest BCUT2D eigenvalue weighted by molar-refractivity contribution is 5.88. The Labute approximate surface area is 114 Å². The van der Waals surface area contributed by atoms with Gasteiger partial charge in [0.2, 0.25) is 6.20 Å². The summed E-state index contributed by atoms with van der Waals surface area (Å²) >= 11 is 0. The second kappa shape index (κ2) is 5.40. The molecule has 1 aromatic carbocycles. The number of aromatic carboxylic acids is 1. The minimum atomic E-state index is -1.27. The lowest BCUT2D eigenvalue weighted by molar-refractivity contribution is -0.401. The van der Waals surface area contributed by atoms with Crippen LogP contribution in [0.2, 0.25) is 0 Å². The third kappa shape index (κ3) is 2.92. The van der Waals surface area contributed by atoms with Gasteiger partial charge in [0.1, 0.15) is 11.5 Å². The van der Waals surface area contributed by atoms with Gasteiger partial charge in [-0.1, -0.05) is 12.1 Å². The zero-order chi connectivity index (χ0) is 14.7. The Morgan fingerprint density at radius 2 is 2.05 bits per heavy atom. The second-order valence-corrected chi connectivity index (χ2v) is 4.12. The van der Waals surface area contributed by atoms with Gasteiger partial charge in [-0.3, -0.25) is 10.1 Å². The van der Waals surface area contributed by atoms with E-state index in [1.165, 1.54) is 18.2 Å². The smallest absolute Gasteiger partial charge is 0.238 e. The van der Waals surface area contributed by atoms with Crippen molar-refractivity contribution in [2.24, 2.45) is 0 Å². The van der Waals surface area contributed by atoms with Gasteiger partial charge in [0, 0.05) is 5.56 Å². The van der Waals surface area contributed by atoms with Crippen LogP contribution in [0.4, 0.5) is 0 Å². The largest absolute Gasteiger partial charge is 0.545 e. The number of carboxylic acids is 1. The average molecular weight is 272 g/mol. The molecule has 0 fully saturated rings. The molecule has 0 spiro atoms. The van der Waals surface area contributed by atoms with Gasteiger partial charge in [-0.05, 0) is 36.2 Å². The van der Waals surface area contributed by atoms with Gasteiger partial charge in [0.15, 0.2) is 0 Å². The van der Waals surface area contributed by atoms with E-state index in [0.717, 1.165) is 11.8 Å². The lowest BCUT2D eigenvalue weighted by atomic mass is 10.0. The zero-order valence-electron chi connectivity index (χ0n) is 10.5. The molecule has 0 unspecified atom stereocenters. The van der Waals surface area contributed by atoms with Crippen molar-refractivity contribution in [2.75, 3.05) is 0 Å². The molecule has 1 heterocycles. The third-order valence-electron chi connectivity index (χ3n) is 2.73. The SMILES string of the molecule is Cc1ccc(C(=O)[O-])cc1-c1ccc(/C=C/[N+](=O)[O-])o1. The molecule has 6 heteroatoms. The van der Waals surface area contributed by atoms with Gasteiger partial charge in [-0.2, -0.15) is 0 Å². The molecule has 20 heavy (non-hydrogen) atoms. The van der Waals surface area contributed by atoms with Gasteiger partial charge in [0.25, 0.3) is 0 Å². The van der Waals surface area contributed by atoms with Crippen molar-refractivity contribution >= 4 is 12.0 Å². The summed E-state index contributed by atoms with van der Waals surface area (Å²) in [5, 5.41) is 21.1. The first-order valence-electron chi connectivity index (χ1n) is 5.71. The molecule has 0 bridgehead atoms. The van der Waals surface area contributed by atoms with Crippen LogP contribution in [0.25, 0.3) is 17.4 Å². The van der Waals surface area contributed by atoms with Crippen LogP contribution in [0.3, 0.4) is 0 Å². The summed E-state index contributed by atoms with van der Waals surface area (Å²) in [6, 6.07) is 7.74. The molecule has 6 nitrogen and oxygen atoms in total. The first-order chi connectivity index (χ1) is 9.47. The van der Waals surface area contributed by atoms with Crippen molar-refractivity contribution in [3.05, 3.63) is 63.5 Å². The van der Waals surface area contributed by atoms with Gasteiger partial charge < -0.3 is 14.3 Å². The first kappa shape index (κ1) is 13.5. The van der Waals surface area contributed by atoms with Crippen LogP contribution in [0, 0.1) is 17.0 Å². The first-order valence-corrected chi connectivity index (χ1v) is 5.71. The highest BCUT2D eigenvalue weighted by atomic mass is 16.6. The highest BCUT2D eigenvalue weighted by Gasteiger charge is 2.08. The predicted octanol–water partition coefficient (Wildman–Crippen LogP) is 1.87. The highest BCUT2D eigenvalue weighted by Crippen LogP contribution is 2.27. The molecule has 2 aromatic rings. The monoisotopic (exact) mass is 272 g/mol. The quantitative estimate of drug-likeness (QED) is 0.625. The van der Waals surface area contributed by atoms with Crippen LogP contribution in [0.15, 0.2) is 40.9 Å². The van der Waals surface area contributed by atoms with Crippen molar-refractivity contribution in [3.8, 4) is 11.3 Å². The number of benzene rings is 1. The van der Waals surface area contributed by atoms with Crippen molar-refractivity contribution in [1.82, 2.24) is 0 Å². The maximum atomic E-state index is 10.9. The maximum absolute atomic E-state index is 10.9. The van der Waals surface area contributed by atoms with E-state index in [0.29, 0.717) is 17.1 Å². The van der Waals surface area contributed by atoms with Crippen molar-refractivity contribution in [3.63, 3.8) is 0 Å². The Balaban J connectivity index is 2.39. The van der Waals surface area contributed by atoms with E-state index in [1.54, 1.807) is 18.2 Å². The molecule has 0 radical (unpaired) electrons. The summed E-state index contributed by atoms with van der Waals surface area (Å²) in [7, 11) is 0. The number of nitro groups is 1. The predicted molar refractivity (Wildman–Crippen MR) is 69.2 cm³/mol. The molecule has 0 saturated heterocycles. The van der Waals surface area contributed by atoms with E-state index < -0.39 is 10.9 Å². The van der Waals surface area contributed by atoms with Gasteiger partial charge in [-0.15, -0.1) is 0 Å². The molecular weight excluding hydrogens is 262 g/mol. The van der Waals surface area contributed by atoms with Gasteiger partial charge in [-0.25, -0.2) is 0 Å². The van der Waals surface area contributed by atoms with Crippen LogP contribution in [-0.2, 0) is 0 Å². The fraction of sp³-hybridized carbons (Fsp3) is 0.0714. The Morgan fingerprint density at radius 3 is 2.70 bits per heavy atom. The molecular formula is C14H10NO5-. The molecule has 102 valence electrons. The van der Waals surface area contributed by atoms with Crippen molar-refractivity contribution < 1.29 is 19.2 Å². The summed E-state index contributed by atoms with van der Waals surface area (Å²) in [6.07, 6.45) is 1.99. The minimum absolute atomic E-state index is 0.0457. The van der Waals surface area contributed by atoms with Gasteiger partial charge >= 0.3 is 0 Å². The number of carbonyl (C=O) groups is 1. The number of carboxylic acid groups (broad SMARTS) is 1. The lowest BCUT2D eigenvalue weighted by Gasteiger charge is -2.07. The average Bonchev–Trinajstić information content (AvgIpc) is 2.85. The van der Waals surface area contributed by atoms with Crippen LogP contribution >= 0.6 is 0 Å². The second-order valence-electron chi connectivity index (χ2n) is 4.12. The summed E-state index contributed by atoms with van der Waals surface area (Å²) in [4.78, 5) is 20.5. The van der Waals surface area contributed by atoms with Gasteiger partial charge in [0.05, 0.1) is 17.0 Å². The van der Waals surface area contributed by atoms with Crippen LogP contribution in [0.5, 0.6) is 0 Å². The maximum Gasteiger partial charge on any atom is 0.238 e. The Bertz CT molecular complexity index is 699. The molecule has 0 aliphatic carbocycles. The molecule has 0 amide bonds. The Hall–Kier alpha value is -2.89. The van der Waals surface area contributed by atoms with E-state index >= 15 is 0 Å². The van der Waals surface area contributed by atoms with Crippen molar-refractivity contribution in [1.29, 1.82) is 0 Å².